The molecular weight excluding hydrogens is 351 g/mol. The second-order valence-corrected chi connectivity index (χ2v) is 6.01. The van der Waals surface area contributed by atoms with Crippen LogP contribution in [0.25, 0.3) is 0 Å². The molecule has 1 aliphatic heterocycles. The third-order valence-electron chi connectivity index (χ3n) is 4.73. The van der Waals surface area contributed by atoms with Crippen molar-refractivity contribution in [3.05, 3.63) is 29.3 Å². The van der Waals surface area contributed by atoms with Crippen molar-refractivity contribution in [2.75, 3.05) is 7.11 Å². The van der Waals surface area contributed by atoms with E-state index in [9.17, 15) is 31.9 Å². The summed E-state index contributed by atoms with van der Waals surface area (Å²) in [4.78, 5) is 11.5. The van der Waals surface area contributed by atoms with E-state index in [2.05, 4.69) is 0 Å². The highest BCUT2D eigenvalue weighted by atomic mass is 19.4. The van der Waals surface area contributed by atoms with Gasteiger partial charge in [-0.3, -0.25) is 0 Å². The molecule has 4 nitrogen and oxygen atoms in total. The van der Waals surface area contributed by atoms with Crippen molar-refractivity contribution in [1.29, 1.82) is 0 Å². The van der Waals surface area contributed by atoms with Crippen LogP contribution in [-0.2, 0) is 9.53 Å². The Bertz CT molecular complexity index is 675. The second-order valence-electron chi connectivity index (χ2n) is 6.01. The first-order chi connectivity index (χ1) is 11.5. The number of carboxylic acids is 1. The average Bonchev–Trinajstić information content (AvgIpc) is 2.83. The third kappa shape index (κ3) is 2.94. The molecule has 0 unspecified atom stereocenters. The maximum absolute atomic E-state index is 14.0. The number of carboxylic acid groups (broad SMARTS) is 1. The van der Waals surface area contributed by atoms with E-state index >= 15 is 0 Å². The lowest BCUT2D eigenvalue weighted by Crippen LogP contribution is -2.47. The molecule has 25 heavy (non-hydrogen) atoms. The summed E-state index contributed by atoms with van der Waals surface area (Å²) in [7, 11) is 1.02. The van der Waals surface area contributed by atoms with Crippen LogP contribution in [0.3, 0.4) is 0 Å². The number of hydrogen-bond acceptors (Lipinski definition) is 3. The number of methoxy groups -OCH3 is 1. The van der Waals surface area contributed by atoms with E-state index < -0.39 is 53.1 Å². The summed E-state index contributed by atoms with van der Waals surface area (Å²) >= 11 is 0. The summed E-state index contributed by atoms with van der Waals surface area (Å²) in [6, 6.07) is 1.76. The molecule has 0 radical (unpaired) electrons. The number of halogens is 5. The number of alkyl halides is 3. The van der Waals surface area contributed by atoms with Gasteiger partial charge in [-0.1, -0.05) is 13.0 Å². The second kappa shape index (κ2) is 6.44. The van der Waals surface area contributed by atoms with E-state index in [1.165, 1.54) is 6.92 Å². The minimum atomic E-state index is -4.85. The lowest BCUT2D eigenvalue weighted by Gasteiger charge is -2.33. The van der Waals surface area contributed by atoms with Crippen LogP contribution >= 0.6 is 0 Å². The largest absolute Gasteiger partial charge is 0.493 e. The van der Waals surface area contributed by atoms with Crippen LogP contribution < -0.4 is 4.74 Å². The van der Waals surface area contributed by atoms with Gasteiger partial charge in [-0.25, -0.2) is 9.18 Å². The summed E-state index contributed by atoms with van der Waals surface area (Å²) in [6.07, 6.45) is -6.82. The third-order valence-corrected chi connectivity index (χ3v) is 4.73. The van der Waals surface area contributed by atoms with Crippen LogP contribution in [-0.4, -0.2) is 36.1 Å². The Morgan fingerprint density at radius 3 is 2.40 bits per heavy atom. The topological polar surface area (TPSA) is 55.8 Å². The van der Waals surface area contributed by atoms with Gasteiger partial charge in [0.1, 0.15) is 0 Å². The van der Waals surface area contributed by atoms with Gasteiger partial charge >= 0.3 is 12.1 Å². The number of carbonyl (C=O) groups is 1. The zero-order chi connectivity index (χ0) is 19.2. The Morgan fingerprint density at radius 2 is 1.96 bits per heavy atom. The van der Waals surface area contributed by atoms with Crippen LogP contribution in [0.5, 0.6) is 5.75 Å². The molecule has 0 spiro atoms. The molecule has 0 saturated carbocycles. The van der Waals surface area contributed by atoms with Crippen LogP contribution in [0.1, 0.15) is 31.7 Å². The number of ether oxygens (including phenoxy) is 2. The van der Waals surface area contributed by atoms with Crippen molar-refractivity contribution >= 4 is 5.97 Å². The Balaban J connectivity index is 2.69. The Kier molecular flexibility index (Phi) is 5.00. The molecule has 1 heterocycles. The van der Waals surface area contributed by atoms with Gasteiger partial charge in [0, 0.05) is 17.4 Å². The zero-order valence-corrected chi connectivity index (χ0v) is 13.7. The number of benzene rings is 1. The smallest absolute Gasteiger partial charge is 0.417 e. The average molecular weight is 368 g/mol. The predicted molar refractivity (Wildman–Crippen MR) is 76.4 cm³/mol. The molecule has 4 atom stereocenters. The Hall–Kier alpha value is -1.90. The summed E-state index contributed by atoms with van der Waals surface area (Å²) in [5.74, 6) is -7.57. The monoisotopic (exact) mass is 368 g/mol. The van der Waals surface area contributed by atoms with Gasteiger partial charge < -0.3 is 14.6 Å². The van der Waals surface area contributed by atoms with Crippen molar-refractivity contribution in [3.63, 3.8) is 0 Å². The molecule has 1 aromatic carbocycles. The maximum Gasteiger partial charge on any atom is 0.417 e. The fourth-order valence-electron chi connectivity index (χ4n) is 3.50. The number of aliphatic carboxylic acids is 1. The highest BCUT2D eigenvalue weighted by Gasteiger charge is 2.66. The molecule has 0 amide bonds. The fraction of sp³-hybridized carbons (Fsp3) is 0.562. The molecule has 140 valence electrons. The normalized spacial score (nSPS) is 29.7. The Labute approximate surface area is 140 Å². The van der Waals surface area contributed by atoms with Gasteiger partial charge in [0.05, 0.1) is 7.11 Å². The molecule has 1 saturated heterocycles. The lowest BCUT2D eigenvalue weighted by molar-refractivity contribution is -0.275. The molecule has 1 fully saturated rings. The summed E-state index contributed by atoms with van der Waals surface area (Å²) in [5.41, 5.74) is -2.92. The van der Waals surface area contributed by atoms with E-state index in [-0.39, 0.29) is 12.0 Å². The molecule has 2 rings (SSSR count). The van der Waals surface area contributed by atoms with Gasteiger partial charge in [-0.05, 0) is 19.4 Å². The summed E-state index contributed by atoms with van der Waals surface area (Å²) in [6.45, 7) is 2.21. The molecule has 1 aromatic rings. The highest BCUT2D eigenvalue weighted by molar-refractivity contribution is 5.75. The van der Waals surface area contributed by atoms with Gasteiger partial charge in [-0.2, -0.15) is 17.6 Å². The first kappa shape index (κ1) is 19.4. The van der Waals surface area contributed by atoms with Gasteiger partial charge in [-0.15, -0.1) is 0 Å². The SMILES string of the molecule is CC[C@H]1[C@@H](c2ccc(F)c(F)c2OC)[C@H](C(=O)O)O[C@@]1(C)C(F)(F)F. The zero-order valence-electron chi connectivity index (χ0n) is 13.7. The van der Waals surface area contributed by atoms with Crippen molar-refractivity contribution in [3.8, 4) is 5.75 Å². The quantitative estimate of drug-likeness (QED) is 0.820. The molecule has 0 bridgehead atoms. The fourth-order valence-corrected chi connectivity index (χ4v) is 3.50. The Morgan fingerprint density at radius 1 is 1.36 bits per heavy atom. The van der Waals surface area contributed by atoms with Crippen LogP contribution in [0.4, 0.5) is 22.0 Å². The molecule has 0 aliphatic carbocycles. The van der Waals surface area contributed by atoms with E-state index in [4.69, 9.17) is 9.47 Å². The van der Waals surface area contributed by atoms with E-state index in [1.807, 2.05) is 0 Å². The standard InChI is InChI=1S/C16H17F5O4/c1-4-8-10(7-5-6-9(17)11(18)12(7)24-3)13(14(22)23)25-15(8,2)16(19,20)21/h5-6,8,10,13H,4H2,1-3H3,(H,22,23)/t8-,10+,13+,15+/m0/s1. The van der Waals surface area contributed by atoms with Crippen molar-refractivity contribution in [2.45, 2.75) is 44.1 Å². The first-order valence-electron chi connectivity index (χ1n) is 7.48. The van der Waals surface area contributed by atoms with Crippen LogP contribution in [0.2, 0.25) is 0 Å². The highest BCUT2D eigenvalue weighted by Crippen LogP contribution is 2.56. The van der Waals surface area contributed by atoms with Crippen molar-refractivity contribution in [1.82, 2.24) is 0 Å². The van der Waals surface area contributed by atoms with Crippen molar-refractivity contribution < 1.29 is 41.3 Å². The molecule has 1 aliphatic rings. The van der Waals surface area contributed by atoms with Gasteiger partial charge in [0.2, 0.25) is 5.82 Å². The maximum atomic E-state index is 14.0. The minimum absolute atomic E-state index is 0.0907. The van der Waals surface area contributed by atoms with E-state index in [1.54, 1.807) is 0 Å². The minimum Gasteiger partial charge on any atom is -0.493 e. The lowest BCUT2D eigenvalue weighted by atomic mass is 9.74. The summed E-state index contributed by atoms with van der Waals surface area (Å²) < 4.78 is 77.8. The first-order valence-corrected chi connectivity index (χ1v) is 7.48. The van der Waals surface area contributed by atoms with Crippen LogP contribution in [0, 0.1) is 17.6 Å². The number of hydrogen-bond donors (Lipinski definition) is 1. The predicted octanol–water partition coefficient (Wildman–Crippen LogP) is 3.89. The van der Waals surface area contributed by atoms with E-state index in [0.717, 1.165) is 26.2 Å². The van der Waals surface area contributed by atoms with E-state index in [0.29, 0.717) is 0 Å². The molecular formula is C16H17F5O4. The molecule has 0 aromatic heterocycles. The molecule has 1 N–H and O–H groups in total. The summed E-state index contributed by atoms with van der Waals surface area (Å²) in [5, 5.41) is 9.34. The van der Waals surface area contributed by atoms with Gasteiger partial charge in [0.15, 0.2) is 23.3 Å². The van der Waals surface area contributed by atoms with Gasteiger partial charge in [0.25, 0.3) is 0 Å². The van der Waals surface area contributed by atoms with Crippen molar-refractivity contribution in [2.24, 2.45) is 5.92 Å². The number of rotatable bonds is 4. The van der Waals surface area contributed by atoms with Crippen LogP contribution in [0.15, 0.2) is 12.1 Å². The molecule has 9 heteroatoms.